The van der Waals surface area contributed by atoms with Gasteiger partial charge in [0.25, 0.3) is 0 Å². The first-order chi connectivity index (χ1) is 12.1. The summed E-state index contributed by atoms with van der Waals surface area (Å²) >= 11 is 0. The van der Waals surface area contributed by atoms with E-state index in [0.29, 0.717) is 29.6 Å². The molecule has 2 aliphatic heterocycles. The molecule has 6 nitrogen and oxygen atoms in total. The fraction of sp³-hybridized carbons (Fsp3) is 0.588. The molecule has 26 heavy (non-hydrogen) atoms. The molecule has 1 atom stereocenters. The van der Waals surface area contributed by atoms with Crippen molar-refractivity contribution in [2.24, 2.45) is 5.92 Å². The number of fused-ring (bicyclic) bond motifs is 1. The molecular formula is C17H21F3N2O4. The molecule has 0 spiro atoms. The Morgan fingerprint density at radius 1 is 1.35 bits per heavy atom. The van der Waals surface area contributed by atoms with E-state index in [1.807, 2.05) is 0 Å². The summed E-state index contributed by atoms with van der Waals surface area (Å²) in [5.41, 5.74) is -1.60. The van der Waals surface area contributed by atoms with Gasteiger partial charge in [0.2, 0.25) is 5.60 Å². The Balaban J connectivity index is 1.58. The number of carbonyl (C=O) groups is 1. The number of ether oxygens (including phenoxy) is 3. The Hall–Kier alpha value is -2.16. The lowest BCUT2D eigenvalue weighted by Gasteiger charge is -2.33. The van der Waals surface area contributed by atoms with Gasteiger partial charge in [0.05, 0.1) is 25.4 Å². The molecule has 1 amide bonds. The van der Waals surface area contributed by atoms with Gasteiger partial charge >= 0.3 is 12.3 Å². The van der Waals surface area contributed by atoms with Crippen molar-refractivity contribution in [1.29, 1.82) is 0 Å². The maximum absolute atomic E-state index is 12.8. The summed E-state index contributed by atoms with van der Waals surface area (Å²) in [7, 11) is 0. The van der Waals surface area contributed by atoms with Crippen LogP contribution in [0.15, 0.2) is 18.2 Å². The maximum atomic E-state index is 12.8. The largest absolute Gasteiger partial charge is 0.486 e. The number of hydrogen-bond acceptors (Lipinski definition) is 5. The summed E-state index contributed by atoms with van der Waals surface area (Å²) in [4.78, 5) is 11.8. The third-order valence-electron chi connectivity index (χ3n) is 4.37. The van der Waals surface area contributed by atoms with Gasteiger partial charge in [-0.15, -0.1) is 0 Å². The van der Waals surface area contributed by atoms with Crippen molar-refractivity contribution < 1.29 is 32.2 Å². The fourth-order valence-corrected chi connectivity index (χ4v) is 2.65. The predicted molar refractivity (Wildman–Crippen MR) is 88.5 cm³/mol. The van der Waals surface area contributed by atoms with Gasteiger partial charge in [0.1, 0.15) is 11.9 Å². The molecular weight excluding hydrogens is 353 g/mol. The van der Waals surface area contributed by atoms with Gasteiger partial charge in [-0.05, 0) is 38.5 Å². The molecule has 0 aliphatic carbocycles. The van der Waals surface area contributed by atoms with E-state index < -0.39 is 17.9 Å². The van der Waals surface area contributed by atoms with E-state index >= 15 is 0 Å². The lowest BCUT2D eigenvalue weighted by molar-refractivity contribution is -0.242. The zero-order valence-corrected chi connectivity index (χ0v) is 14.5. The smallest absolute Gasteiger partial charge is 0.427 e. The number of halogens is 3. The predicted octanol–water partition coefficient (Wildman–Crippen LogP) is 3.79. The van der Waals surface area contributed by atoms with Crippen LogP contribution in [0.4, 0.5) is 29.3 Å². The molecule has 9 heteroatoms. The number of nitrogens with one attached hydrogen (secondary N) is 2. The van der Waals surface area contributed by atoms with Crippen LogP contribution in [0.2, 0.25) is 0 Å². The second kappa shape index (κ2) is 6.86. The molecule has 144 valence electrons. The van der Waals surface area contributed by atoms with E-state index in [-0.39, 0.29) is 6.10 Å². The van der Waals surface area contributed by atoms with Gasteiger partial charge in [-0.3, -0.25) is 5.32 Å². The first kappa shape index (κ1) is 18.6. The third kappa shape index (κ3) is 4.14. The quantitative estimate of drug-likeness (QED) is 0.839. The second-order valence-electron chi connectivity index (χ2n) is 6.99. The average molecular weight is 374 g/mol. The number of rotatable bonds is 4. The van der Waals surface area contributed by atoms with Crippen LogP contribution in [0.5, 0.6) is 5.75 Å². The summed E-state index contributed by atoms with van der Waals surface area (Å²) in [6, 6.07) is 4.81. The molecule has 0 radical (unpaired) electrons. The Morgan fingerprint density at radius 3 is 2.69 bits per heavy atom. The first-order valence-electron chi connectivity index (χ1n) is 8.33. The number of carbonyl (C=O) groups excluding carboxylic acids is 1. The maximum Gasteiger partial charge on any atom is 0.427 e. The summed E-state index contributed by atoms with van der Waals surface area (Å²) in [5.74, 6) is 1.15. The van der Waals surface area contributed by atoms with Gasteiger partial charge in [-0.2, -0.15) is 13.2 Å². The van der Waals surface area contributed by atoms with Crippen molar-refractivity contribution in [2.45, 2.75) is 38.1 Å². The molecule has 1 saturated heterocycles. The molecule has 3 rings (SSSR count). The van der Waals surface area contributed by atoms with Crippen molar-refractivity contribution in [3.8, 4) is 5.75 Å². The highest BCUT2D eigenvalue weighted by atomic mass is 19.4. The summed E-state index contributed by atoms with van der Waals surface area (Å²) in [6.07, 6.45) is -4.90. The number of hydrogen-bond donors (Lipinski definition) is 2. The average Bonchev–Trinajstić information content (AvgIpc) is 2.49. The molecule has 2 heterocycles. The number of amides is 1. The van der Waals surface area contributed by atoms with Gasteiger partial charge in [-0.1, -0.05) is 0 Å². The minimum Gasteiger partial charge on any atom is -0.486 e. The molecule has 1 aromatic rings. The highest BCUT2D eigenvalue weighted by Crippen LogP contribution is 2.35. The van der Waals surface area contributed by atoms with Crippen LogP contribution < -0.4 is 15.4 Å². The Labute approximate surface area is 149 Å². The van der Waals surface area contributed by atoms with Crippen LogP contribution in [0.1, 0.15) is 20.3 Å². The molecule has 1 unspecified atom stereocenters. The van der Waals surface area contributed by atoms with Crippen LogP contribution in [0.3, 0.4) is 0 Å². The van der Waals surface area contributed by atoms with Gasteiger partial charge in [-0.25, -0.2) is 4.79 Å². The zero-order valence-electron chi connectivity index (χ0n) is 14.5. The Bertz CT molecular complexity index is 674. The van der Waals surface area contributed by atoms with Crippen LogP contribution in [0.25, 0.3) is 0 Å². The first-order valence-corrected chi connectivity index (χ1v) is 8.33. The standard InChI is InChI=1S/C17H21F3N2O4/c1-16(2,17(18,19)20)26-15(23)22-11-3-4-14-13(6-11)21-7-12(25-14)5-10-8-24-9-10/h3-4,6,10,12,21H,5,7-9H2,1-2H3,(H,22,23). The SMILES string of the molecule is CC(C)(OC(=O)Nc1ccc2c(c1)NCC(CC1COC1)O2)C(F)(F)F. The fourth-order valence-electron chi connectivity index (χ4n) is 2.65. The van der Waals surface area contributed by atoms with Crippen LogP contribution in [0, 0.1) is 5.92 Å². The monoisotopic (exact) mass is 374 g/mol. The minimum atomic E-state index is -4.66. The lowest BCUT2D eigenvalue weighted by atomic mass is 9.99. The van der Waals surface area contributed by atoms with Gasteiger partial charge < -0.3 is 19.5 Å². The van der Waals surface area contributed by atoms with E-state index in [2.05, 4.69) is 15.4 Å². The summed E-state index contributed by atoms with van der Waals surface area (Å²) in [5, 5.41) is 5.52. The van der Waals surface area contributed by atoms with E-state index in [0.717, 1.165) is 33.5 Å². The highest BCUT2D eigenvalue weighted by Gasteiger charge is 2.51. The van der Waals surface area contributed by atoms with Crippen molar-refractivity contribution in [3.05, 3.63) is 18.2 Å². The second-order valence-corrected chi connectivity index (χ2v) is 6.99. The normalized spacial score (nSPS) is 20.3. The van der Waals surface area contributed by atoms with Gasteiger partial charge in [0, 0.05) is 11.6 Å². The van der Waals surface area contributed by atoms with Crippen LogP contribution in [-0.4, -0.2) is 43.7 Å². The lowest BCUT2D eigenvalue weighted by Crippen LogP contribution is -2.44. The summed E-state index contributed by atoms with van der Waals surface area (Å²) < 4.78 is 53.9. The molecule has 0 saturated carbocycles. The van der Waals surface area contributed by atoms with Crippen molar-refractivity contribution in [3.63, 3.8) is 0 Å². The molecule has 0 aromatic heterocycles. The van der Waals surface area contributed by atoms with E-state index in [1.165, 1.54) is 0 Å². The third-order valence-corrected chi connectivity index (χ3v) is 4.37. The number of benzene rings is 1. The molecule has 2 aliphatic rings. The van der Waals surface area contributed by atoms with E-state index in [4.69, 9.17) is 9.47 Å². The molecule has 1 fully saturated rings. The topological polar surface area (TPSA) is 68.8 Å². The highest BCUT2D eigenvalue weighted by molar-refractivity contribution is 5.86. The number of alkyl halides is 3. The van der Waals surface area contributed by atoms with E-state index in [9.17, 15) is 18.0 Å². The van der Waals surface area contributed by atoms with Crippen molar-refractivity contribution >= 4 is 17.5 Å². The Morgan fingerprint density at radius 2 is 2.08 bits per heavy atom. The molecule has 1 aromatic carbocycles. The van der Waals surface area contributed by atoms with Crippen LogP contribution in [-0.2, 0) is 9.47 Å². The molecule has 0 bridgehead atoms. The zero-order chi connectivity index (χ0) is 18.9. The Kier molecular flexibility index (Phi) is 4.92. The molecule has 2 N–H and O–H groups in total. The van der Waals surface area contributed by atoms with Crippen molar-refractivity contribution in [1.82, 2.24) is 0 Å². The minimum absolute atomic E-state index is 0.0350. The van der Waals surface area contributed by atoms with E-state index in [1.54, 1.807) is 18.2 Å². The van der Waals surface area contributed by atoms with Gasteiger partial charge in [0.15, 0.2) is 0 Å². The van der Waals surface area contributed by atoms with Crippen LogP contribution >= 0.6 is 0 Å². The summed E-state index contributed by atoms with van der Waals surface area (Å²) in [6.45, 7) is 3.71. The van der Waals surface area contributed by atoms with Crippen molar-refractivity contribution in [2.75, 3.05) is 30.4 Å². The number of anilines is 2.